The summed E-state index contributed by atoms with van der Waals surface area (Å²) in [7, 11) is 4.01. The van der Waals surface area contributed by atoms with E-state index in [1.54, 1.807) is 0 Å². The maximum absolute atomic E-state index is 13.0. The van der Waals surface area contributed by atoms with Crippen LogP contribution in [0.4, 0.5) is 0 Å². The molecule has 2 saturated heterocycles. The molecular formula is C17H34Cl2N4O2. The fraction of sp³-hybridized carbons (Fsp3) is 0.882. The molecule has 2 rings (SSSR count). The second-order valence-electron chi connectivity index (χ2n) is 7.06. The van der Waals surface area contributed by atoms with Gasteiger partial charge in [-0.3, -0.25) is 9.59 Å². The van der Waals surface area contributed by atoms with E-state index in [0.29, 0.717) is 19.0 Å². The molecule has 0 aromatic carbocycles. The first-order valence-corrected chi connectivity index (χ1v) is 8.96. The van der Waals surface area contributed by atoms with Gasteiger partial charge in [-0.2, -0.15) is 0 Å². The van der Waals surface area contributed by atoms with Crippen LogP contribution in [-0.2, 0) is 9.59 Å². The number of carbonyl (C=O) groups is 2. The minimum Gasteiger partial charge on any atom is -0.341 e. The molecule has 2 aliphatic heterocycles. The monoisotopic (exact) mass is 396 g/mol. The zero-order valence-electron chi connectivity index (χ0n) is 15.7. The molecule has 2 amide bonds. The topological polar surface area (TPSA) is 55.9 Å². The minimum atomic E-state index is -0.147. The number of piperidine rings is 1. The van der Waals surface area contributed by atoms with E-state index < -0.39 is 0 Å². The highest BCUT2D eigenvalue weighted by Crippen LogP contribution is 2.23. The van der Waals surface area contributed by atoms with Gasteiger partial charge in [0.2, 0.25) is 11.8 Å². The van der Waals surface area contributed by atoms with Crippen molar-refractivity contribution >= 4 is 36.6 Å². The molecule has 0 radical (unpaired) electrons. The third kappa shape index (κ3) is 6.93. The Morgan fingerprint density at radius 3 is 2.40 bits per heavy atom. The fourth-order valence-electron chi connectivity index (χ4n) is 3.54. The van der Waals surface area contributed by atoms with Gasteiger partial charge < -0.3 is 20.0 Å². The van der Waals surface area contributed by atoms with Crippen molar-refractivity contribution < 1.29 is 9.59 Å². The van der Waals surface area contributed by atoms with Gasteiger partial charge in [0, 0.05) is 38.6 Å². The Bertz CT molecular complexity index is 417. The van der Waals surface area contributed by atoms with Crippen LogP contribution < -0.4 is 5.32 Å². The first-order valence-electron chi connectivity index (χ1n) is 8.96. The molecule has 0 spiro atoms. The summed E-state index contributed by atoms with van der Waals surface area (Å²) in [6.07, 6.45) is 3.41. The molecule has 6 nitrogen and oxygen atoms in total. The number of nitrogens with zero attached hydrogens (tertiary/aromatic N) is 3. The van der Waals surface area contributed by atoms with Crippen LogP contribution in [0.15, 0.2) is 0 Å². The van der Waals surface area contributed by atoms with E-state index in [1.165, 1.54) is 0 Å². The van der Waals surface area contributed by atoms with Crippen LogP contribution in [0, 0.1) is 5.92 Å². The van der Waals surface area contributed by atoms with E-state index in [-0.39, 0.29) is 42.5 Å². The third-order valence-electron chi connectivity index (χ3n) is 4.88. The van der Waals surface area contributed by atoms with Gasteiger partial charge in [-0.05, 0) is 46.4 Å². The number of amides is 2. The molecular weight excluding hydrogens is 363 g/mol. The van der Waals surface area contributed by atoms with E-state index in [4.69, 9.17) is 0 Å². The number of likely N-dealkylation sites (tertiary alicyclic amines) is 1. The maximum Gasteiger partial charge on any atom is 0.228 e. The second kappa shape index (κ2) is 11.9. The van der Waals surface area contributed by atoms with Crippen LogP contribution >= 0.6 is 24.8 Å². The normalized spacial score (nSPS) is 21.0. The predicted octanol–water partition coefficient (Wildman–Crippen LogP) is 1.23. The van der Waals surface area contributed by atoms with E-state index in [2.05, 4.69) is 22.0 Å². The number of likely N-dealkylation sites (N-methyl/N-ethyl adjacent to an activating group) is 1. The van der Waals surface area contributed by atoms with Gasteiger partial charge >= 0.3 is 0 Å². The third-order valence-corrected chi connectivity index (χ3v) is 4.88. The molecule has 8 heteroatoms. The highest BCUT2D eigenvalue weighted by atomic mass is 35.5. The Labute approximate surface area is 164 Å². The summed E-state index contributed by atoms with van der Waals surface area (Å²) in [5.74, 6) is 0.178. The van der Waals surface area contributed by atoms with Gasteiger partial charge in [-0.25, -0.2) is 0 Å². The predicted molar refractivity (Wildman–Crippen MR) is 106 cm³/mol. The number of nitrogens with one attached hydrogen (secondary N) is 1. The Morgan fingerprint density at radius 2 is 1.84 bits per heavy atom. The smallest absolute Gasteiger partial charge is 0.228 e. The average molecular weight is 397 g/mol. The summed E-state index contributed by atoms with van der Waals surface area (Å²) in [4.78, 5) is 31.2. The molecule has 148 valence electrons. The maximum atomic E-state index is 13.0. The Balaban J connectivity index is 0.00000288. The second-order valence-corrected chi connectivity index (χ2v) is 7.06. The van der Waals surface area contributed by atoms with E-state index in [0.717, 1.165) is 52.0 Å². The largest absolute Gasteiger partial charge is 0.341 e. The van der Waals surface area contributed by atoms with Gasteiger partial charge in [0.1, 0.15) is 0 Å². The highest BCUT2D eigenvalue weighted by Gasteiger charge is 2.38. The lowest BCUT2D eigenvalue weighted by Gasteiger charge is -2.36. The van der Waals surface area contributed by atoms with E-state index in [9.17, 15) is 9.59 Å². The summed E-state index contributed by atoms with van der Waals surface area (Å²) in [6.45, 7) is 7.05. The number of rotatable bonds is 7. The summed E-state index contributed by atoms with van der Waals surface area (Å²) in [6, 6.07) is 0.342. The van der Waals surface area contributed by atoms with Gasteiger partial charge in [0.25, 0.3) is 0 Å². The molecule has 1 unspecified atom stereocenters. The van der Waals surface area contributed by atoms with Crippen molar-refractivity contribution in [2.24, 2.45) is 5.92 Å². The molecule has 0 bridgehead atoms. The molecule has 0 aliphatic carbocycles. The molecule has 2 aliphatic rings. The molecule has 25 heavy (non-hydrogen) atoms. The summed E-state index contributed by atoms with van der Waals surface area (Å²) < 4.78 is 0. The van der Waals surface area contributed by atoms with Crippen LogP contribution in [0.3, 0.4) is 0 Å². The van der Waals surface area contributed by atoms with Crippen LogP contribution in [0.1, 0.15) is 32.6 Å². The number of halogens is 2. The van der Waals surface area contributed by atoms with Gasteiger partial charge in [0.15, 0.2) is 0 Å². The van der Waals surface area contributed by atoms with Crippen LogP contribution in [0.2, 0.25) is 0 Å². The Morgan fingerprint density at radius 1 is 1.20 bits per heavy atom. The highest BCUT2D eigenvalue weighted by molar-refractivity contribution is 5.89. The standard InChI is InChI=1S/C17H32N4O2.2ClH/c1-4-9-21(15-5-7-18-8-6-15)17(23)14-12-16(22)20(13-14)11-10-19(2)3;;/h14-15,18H,4-13H2,1-3H3;2*1H. The quantitative estimate of drug-likeness (QED) is 0.702. The van der Waals surface area contributed by atoms with Crippen LogP contribution in [-0.4, -0.2) is 85.9 Å². The van der Waals surface area contributed by atoms with Gasteiger partial charge in [-0.1, -0.05) is 6.92 Å². The zero-order chi connectivity index (χ0) is 16.8. The molecule has 2 fully saturated rings. The van der Waals surface area contributed by atoms with E-state index >= 15 is 0 Å². The first-order chi connectivity index (χ1) is 11.0. The number of hydrogen-bond acceptors (Lipinski definition) is 4. The Kier molecular flexibility index (Phi) is 11.7. The van der Waals surface area contributed by atoms with Crippen molar-refractivity contribution in [2.75, 3.05) is 53.4 Å². The van der Waals surface area contributed by atoms with Crippen molar-refractivity contribution in [3.05, 3.63) is 0 Å². The SMILES string of the molecule is CCCN(C(=O)C1CC(=O)N(CCN(C)C)C1)C1CCNCC1.Cl.Cl. The fourth-order valence-corrected chi connectivity index (χ4v) is 3.54. The summed E-state index contributed by atoms with van der Waals surface area (Å²) in [5.41, 5.74) is 0. The zero-order valence-corrected chi connectivity index (χ0v) is 17.3. The lowest BCUT2D eigenvalue weighted by molar-refractivity contribution is -0.138. The van der Waals surface area contributed by atoms with Crippen LogP contribution in [0.5, 0.6) is 0 Å². The Hall–Kier alpha value is -0.560. The molecule has 1 N–H and O–H groups in total. The molecule has 2 heterocycles. The minimum absolute atomic E-state index is 0. The van der Waals surface area contributed by atoms with Crippen molar-refractivity contribution in [2.45, 2.75) is 38.6 Å². The lowest BCUT2D eigenvalue weighted by atomic mass is 10.0. The molecule has 0 saturated carbocycles. The lowest BCUT2D eigenvalue weighted by Crippen LogP contribution is -2.49. The van der Waals surface area contributed by atoms with Crippen molar-refractivity contribution in [1.82, 2.24) is 20.0 Å². The van der Waals surface area contributed by atoms with Gasteiger partial charge in [0.05, 0.1) is 5.92 Å². The molecule has 0 aromatic heterocycles. The number of hydrogen-bond donors (Lipinski definition) is 1. The first kappa shape index (κ1) is 24.4. The summed E-state index contributed by atoms with van der Waals surface area (Å²) >= 11 is 0. The summed E-state index contributed by atoms with van der Waals surface area (Å²) in [5, 5.41) is 3.36. The van der Waals surface area contributed by atoms with E-state index in [1.807, 2.05) is 19.0 Å². The van der Waals surface area contributed by atoms with Crippen molar-refractivity contribution in [3.8, 4) is 0 Å². The van der Waals surface area contributed by atoms with Gasteiger partial charge in [-0.15, -0.1) is 24.8 Å². The number of carbonyl (C=O) groups excluding carboxylic acids is 2. The molecule has 0 aromatic rings. The average Bonchev–Trinajstić information content (AvgIpc) is 2.92. The van der Waals surface area contributed by atoms with Crippen molar-refractivity contribution in [1.29, 1.82) is 0 Å². The molecule has 1 atom stereocenters. The van der Waals surface area contributed by atoms with Crippen molar-refractivity contribution in [3.63, 3.8) is 0 Å². The van der Waals surface area contributed by atoms with Crippen LogP contribution in [0.25, 0.3) is 0 Å².